The molecular formula is C27H48Br4O3. The molecule has 1 N–H and O–H groups in total. The topological polar surface area (TPSA) is 38.7 Å². The first-order valence-corrected chi connectivity index (χ1v) is 16.8. The second-order valence-electron chi connectivity index (χ2n) is 12.6. The standard InChI is InChI=1S/C27H48Br4O3/c1-9-25(3,4)16-11-18(28)23(19(29)12-16)27(7,8)24-20(30)13-17(14-21(24)31)33-15-22(32)34-26(5,6)10-2/h16-24,32H,9-15H2,1-8H3. The molecule has 2 rings (SSSR count). The van der Waals surface area contributed by atoms with Gasteiger partial charge in [-0.25, -0.2) is 0 Å². The molecule has 3 nitrogen and oxygen atoms in total. The molecule has 34 heavy (non-hydrogen) atoms. The number of aliphatic hydroxyl groups excluding tert-OH is 1. The van der Waals surface area contributed by atoms with Gasteiger partial charge in [0.05, 0.1) is 18.3 Å². The van der Waals surface area contributed by atoms with Gasteiger partial charge in [-0.3, -0.25) is 0 Å². The van der Waals surface area contributed by atoms with Crippen LogP contribution in [0.3, 0.4) is 0 Å². The van der Waals surface area contributed by atoms with Crippen molar-refractivity contribution < 1.29 is 14.6 Å². The predicted molar refractivity (Wildman–Crippen MR) is 159 cm³/mol. The molecule has 7 heteroatoms. The van der Waals surface area contributed by atoms with Gasteiger partial charge in [-0.15, -0.1) is 0 Å². The van der Waals surface area contributed by atoms with Crippen molar-refractivity contribution in [3.63, 3.8) is 0 Å². The Hall–Kier alpha value is 1.80. The van der Waals surface area contributed by atoms with Crippen LogP contribution in [0, 0.1) is 28.6 Å². The third-order valence-electron chi connectivity index (χ3n) is 9.07. The van der Waals surface area contributed by atoms with Crippen molar-refractivity contribution in [1.82, 2.24) is 0 Å². The molecule has 2 aliphatic rings. The maximum Gasteiger partial charge on any atom is 0.178 e. The van der Waals surface area contributed by atoms with Crippen molar-refractivity contribution in [2.75, 3.05) is 6.61 Å². The number of alkyl halides is 4. The van der Waals surface area contributed by atoms with Crippen LogP contribution in [0.2, 0.25) is 0 Å². The monoisotopic (exact) mass is 736 g/mol. The van der Waals surface area contributed by atoms with Crippen molar-refractivity contribution in [1.29, 1.82) is 0 Å². The Morgan fingerprint density at radius 1 is 0.765 bits per heavy atom. The molecule has 2 saturated carbocycles. The first-order chi connectivity index (χ1) is 15.6. The summed E-state index contributed by atoms with van der Waals surface area (Å²) in [5.41, 5.74) is 0.161. The van der Waals surface area contributed by atoms with E-state index >= 15 is 0 Å². The molecule has 0 aromatic carbocycles. The zero-order valence-electron chi connectivity index (χ0n) is 22.4. The molecule has 0 aromatic heterocycles. The highest BCUT2D eigenvalue weighted by Crippen LogP contribution is 2.57. The Morgan fingerprint density at radius 2 is 1.21 bits per heavy atom. The van der Waals surface area contributed by atoms with E-state index in [0.29, 0.717) is 36.6 Å². The van der Waals surface area contributed by atoms with Crippen LogP contribution in [0.1, 0.15) is 93.9 Å². The summed E-state index contributed by atoms with van der Waals surface area (Å²) in [6.45, 7) is 18.4. The number of hydrogen-bond donors (Lipinski definition) is 1. The number of rotatable bonds is 10. The molecule has 2 fully saturated rings. The maximum atomic E-state index is 10.3. The van der Waals surface area contributed by atoms with E-state index in [2.05, 4.69) is 105 Å². The number of ether oxygens (including phenoxy) is 2. The Balaban J connectivity index is 2.03. The summed E-state index contributed by atoms with van der Waals surface area (Å²) in [7, 11) is 0. The largest absolute Gasteiger partial charge is 0.373 e. The Labute approximate surface area is 243 Å². The van der Waals surface area contributed by atoms with Crippen LogP contribution in [0.4, 0.5) is 0 Å². The molecular weight excluding hydrogens is 692 g/mol. The molecule has 0 radical (unpaired) electrons. The van der Waals surface area contributed by atoms with Gasteiger partial charge < -0.3 is 14.6 Å². The van der Waals surface area contributed by atoms with Gasteiger partial charge in [-0.2, -0.15) is 0 Å². The van der Waals surface area contributed by atoms with Gasteiger partial charge in [0.1, 0.15) is 0 Å². The third kappa shape index (κ3) is 7.91. The van der Waals surface area contributed by atoms with E-state index in [4.69, 9.17) is 9.47 Å². The minimum absolute atomic E-state index is 0.101. The number of halogens is 4. The number of aliphatic hydroxyl groups is 1. The second kappa shape index (κ2) is 12.8. The minimum Gasteiger partial charge on any atom is -0.373 e. The lowest BCUT2D eigenvalue weighted by Gasteiger charge is -2.55. The van der Waals surface area contributed by atoms with E-state index in [0.717, 1.165) is 25.2 Å². The normalized spacial score (nSPS) is 37.0. The molecule has 2 aliphatic carbocycles. The fraction of sp³-hybridized carbons (Fsp3) is 1.00. The Morgan fingerprint density at radius 3 is 1.62 bits per heavy atom. The van der Waals surface area contributed by atoms with Crippen LogP contribution in [-0.4, -0.2) is 49.0 Å². The molecule has 0 bridgehead atoms. The fourth-order valence-electron chi connectivity index (χ4n) is 6.13. The summed E-state index contributed by atoms with van der Waals surface area (Å²) in [6.07, 6.45) is 5.64. The number of hydrogen-bond acceptors (Lipinski definition) is 3. The van der Waals surface area contributed by atoms with Crippen LogP contribution in [-0.2, 0) is 9.47 Å². The van der Waals surface area contributed by atoms with Gasteiger partial charge in [0, 0.05) is 19.3 Å². The molecule has 5 atom stereocenters. The predicted octanol–water partition coefficient (Wildman–Crippen LogP) is 8.85. The fourth-order valence-corrected chi connectivity index (χ4v) is 12.9. The first-order valence-electron chi connectivity index (χ1n) is 13.1. The summed E-state index contributed by atoms with van der Waals surface area (Å²) in [4.78, 5) is 1.69. The van der Waals surface area contributed by atoms with Crippen molar-refractivity contribution >= 4 is 63.7 Å². The van der Waals surface area contributed by atoms with Gasteiger partial charge in [-0.05, 0) is 74.5 Å². The van der Waals surface area contributed by atoms with Gasteiger partial charge in [0.25, 0.3) is 0 Å². The second-order valence-corrected chi connectivity index (χ2v) is 17.3. The summed E-state index contributed by atoms with van der Waals surface area (Å²) in [5.74, 6) is 1.76. The van der Waals surface area contributed by atoms with Crippen LogP contribution in [0.5, 0.6) is 0 Å². The van der Waals surface area contributed by atoms with Gasteiger partial charge in [-0.1, -0.05) is 112 Å². The van der Waals surface area contributed by atoms with Crippen LogP contribution in [0.15, 0.2) is 0 Å². The molecule has 202 valence electrons. The quantitative estimate of drug-likeness (QED) is 0.180. The van der Waals surface area contributed by atoms with Gasteiger partial charge in [0.15, 0.2) is 6.29 Å². The van der Waals surface area contributed by atoms with E-state index in [1.807, 2.05) is 13.8 Å². The smallest absolute Gasteiger partial charge is 0.178 e. The van der Waals surface area contributed by atoms with E-state index in [1.165, 1.54) is 19.3 Å². The highest BCUT2D eigenvalue weighted by molar-refractivity contribution is 9.10. The van der Waals surface area contributed by atoms with Crippen LogP contribution < -0.4 is 0 Å². The average Bonchev–Trinajstić information content (AvgIpc) is 2.70. The minimum atomic E-state index is -0.891. The lowest BCUT2D eigenvalue weighted by atomic mass is 9.57. The molecule has 0 heterocycles. The zero-order valence-corrected chi connectivity index (χ0v) is 28.8. The van der Waals surface area contributed by atoms with Crippen molar-refractivity contribution in [2.24, 2.45) is 28.6 Å². The SMILES string of the molecule is CCC(C)(C)OC(O)COC1CC(Br)C(C(C)(C)C2C(Br)CC(C(C)(C)CC)CC2Br)C(Br)C1. The Bertz CT molecular complexity index is 617. The molecule has 0 aliphatic heterocycles. The molecule has 5 unspecified atom stereocenters. The van der Waals surface area contributed by atoms with E-state index < -0.39 is 6.29 Å². The Kier molecular flexibility index (Phi) is 12.0. The van der Waals surface area contributed by atoms with Crippen molar-refractivity contribution in [2.45, 2.75) is 131 Å². The molecule has 0 spiro atoms. The van der Waals surface area contributed by atoms with Crippen molar-refractivity contribution in [3.05, 3.63) is 0 Å². The summed E-state index contributed by atoms with van der Waals surface area (Å²) >= 11 is 16.4. The summed E-state index contributed by atoms with van der Waals surface area (Å²) in [6, 6.07) is 0. The highest BCUT2D eigenvalue weighted by atomic mass is 79.9. The third-order valence-corrected chi connectivity index (χ3v) is 12.8. The lowest BCUT2D eigenvalue weighted by molar-refractivity contribution is -0.205. The van der Waals surface area contributed by atoms with Gasteiger partial charge >= 0.3 is 0 Å². The van der Waals surface area contributed by atoms with Crippen molar-refractivity contribution in [3.8, 4) is 0 Å². The van der Waals surface area contributed by atoms with Crippen LogP contribution >= 0.6 is 63.7 Å². The zero-order chi connectivity index (χ0) is 26.1. The summed E-state index contributed by atoms with van der Waals surface area (Å²) in [5, 5.41) is 10.3. The molecule has 0 amide bonds. The van der Waals surface area contributed by atoms with Crippen LogP contribution in [0.25, 0.3) is 0 Å². The van der Waals surface area contributed by atoms with Gasteiger partial charge in [0.2, 0.25) is 0 Å². The summed E-state index contributed by atoms with van der Waals surface area (Å²) < 4.78 is 11.9. The van der Waals surface area contributed by atoms with E-state index in [1.54, 1.807) is 0 Å². The van der Waals surface area contributed by atoms with E-state index in [9.17, 15) is 5.11 Å². The molecule has 0 aromatic rings. The highest BCUT2D eigenvalue weighted by Gasteiger charge is 2.53. The van der Waals surface area contributed by atoms with E-state index in [-0.39, 0.29) is 23.7 Å². The lowest BCUT2D eigenvalue weighted by Crippen LogP contribution is -2.54. The maximum absolute atomic E-state index is 10.3. The first kappa shape index (κ1) is 32.0. The average molecular weight is 740 g/mol. The molecule has 0 saturated heterocycles.